The summed E-state index contributed by atoms with van der Waals surface area (Å²) in [4.78, 5) is 24.5. The molecule has 7 heteroatoms. The van der Waals surface area contributed by atoms with E-state index in [4.69, 9.17) is 21.1 Å². The van der Waals surface area contributed by atoms with Crippen LogP contribution < -0.4 is 10.1 Å². The number of rotatable bonds is 7. The monoisotopic (exact) mass is 403 g/mol. The smallest absolute Gasteiger partial charge is 0.350 e. The van der Waals surface area contributed by atoms with E-state index in [2.05, 4.69) is 5.32 Å². The fourth-order valence-corrected chi connectivity index (χ4v) is 4.04. The predicted molar refractivity (Wildman–Crippen MR) is 107 cm³/mol. The first kappa shape index (κ1) is 19.2. The molecule has 5 nitrogen and oxygen atoms in total. The van der Waals surface area contributed by atoms with Crippen LogP contribution in [0.25, 0.3) is 10.1 Å². The minimum atomic E-state index is -0.596. The number of halogens is 1. The van der Waals surface area contributed by atoms with E-state index in [1.165, 1.54) is 11.3 Å². The molecular formula is C20H18ClNO4S. The summed E-state index contributed by atoms with van der Waals surface area (Å²) >= 11 is 7.50. The standard InChI is InChI=1S/C20H18ClNO4S/c1-25-15-8-4-2-6-13(15)10-11-22-17(23)12-26-20(24)19-18(21)14-7-3-5-9-16(14)27-19/h2-9H,10-12H2,1H3,(H,22,23). The fraction of sp³-hybridized carbons (Fsp3) is 0.200. The van der Waals surface area contributed by atoms with Crippen molar-refractivity contribution in [1.29, 1.82) is 0 Å². The second kappa shape index (κ2) is 8.88. The SMILES string of the molecule is COc1ccccc1CCNC(=O)COC(=O)c1sc2ccccc2c1Cl. The first-order valence-corrected chi connectivity index (χ1v) is 9.52. The quantitative estimate of drug-likeness (QED) is 0.604. The Kier molecular flexibility index (Phi) is 6.32. The van der Waals surface area contributed by atoms with Crippen molar-refractivity contribution in [3.8, 4) is 5.75 Å². The Morgan fingerprint density at radius 1 is 1.11 bits per heavy atom. The number of hydrogen-bond donors (Lipinski definition) is 1. The molecule has 1 heterocycles. The van der Waals surface area contributed by atoms with Crippen LogP contribution in [0.3, 0.4) is 0 Å². The molecule has 1 amide bonds. The summed E-state index contributed by atoms with van der Waals surface area (Å²) < 4.78 is 11.3. The van der Waals surface area contributed by atoms with Crippen molar-refractivity contribution in [1.82, 2.24) is 5.32 Å². The van der Waals surface area contributed by atoms with Crippen molar-refractivity contribution in [3.63, 3.8) is 0 Å². The number of esters is 1. The number of fused-ring (bicyclic) bond motifs is 1. The lowest BCUT2D eigenvalue weighted by Crippen LogP contribution is -2.30. The van der Waals surface area contributed by atoms with Gasteiger partial charge in [0.25, 0.3) is 5.91 Å². The molecule has 1 N–H and O–H groups in total. The second-order valence-electron chi connectivity index (χ2n) is 5.73. The van der Waals surface area contributed by atoms with Crippen LogP contribution in [0.5, 0.6) is 5.75 Å². The minimum Gasteiger partial charge on any atom is -0.496 e. The van der Waals surface area contributed by atoms with Gasteiger partial charge in [0.15, 0.2) is 6.61 Å². The summed E-state index contributed by atoms with van der Waals surface area (Å²) in [7, 11) is 1.61. The number of amides is 1. The molecule has 0 saturated carbocycles. The highest BCUT2D eigenvalue weighted by molar-refractivity contribution is 7.21. The van der Waals surface area contributed by atoms with Crippen LogP contribution in [-0.2, 0) is 16.0 Å². The molecule has 0 radical (unpaired) electrons. The number of methoxy groups -OCH3 is 1. The van der Waals surface area contributed by atoms with Gasteiger partial charge in [0.05, 0.1) is 12.1 Å². The fourth-order valence-electron chi connectivity index (χ4n) is 2.64. The van der Waals surface area contributed by atoms with Gasteiger partial charge in [-0.1, -0.05) is 48.0 Å². The Hall–Kier alpha value is -2.57. The molecule has 0 fully saturated rings. The highest BCUT2D eigenvalue weighted by Crippen LogP contribution is 2.35. The Morgan fingerprint density at radius 3 is 2.63 bits per heavy atom. The maximum absolute atomic E-state index is 12.2. The summed E-state index contributed by atoms with van der Waals surface area (Å²) in [6, 6.07) is 15.1. The van der Waals surface area contributed by atoms with E-state index in [9.17, 15) is 9.59 Å². The average Bonchev–Trinajstić information content (AvgIpc) is 3.03. The zero-order chi connectivity index (χ0) is 19.2. The number of nitrogens with one attached hydrogen (secondary N) is 1. The Bertz CT molecular complexity index is 970. The van der Waals surface area contributed by atoms with Gasteiger partial charge in [-0.05, 0) is 24.1 Å². The molecule has 1 aromatic heterocycles. The molecule has 2 aromatic carbocycles. The first-order chi connectivity index (χ1) is 13.1. The van der Waals surface area contributed by atoms with Crippen LogP contribution in [0.15, 0.2) is 48.5 Å². The van der Waals surface area contributed by atoms with Gasteiger partial charge in [0, 0.05) is 16.6 Å². The largest absolute Gasteiger partial charge is 0.496 e. The zero-order valence-electron chi connectivity index (χ0n) is 14.7. The molecule has 0 aliphatic heterocycles. The Balaban J connectivity index is 1.50. The predicted octanol–water partition coefficient (Wildman–Crippen LogP) is 4.08. The van der Waals surface area contributed by atoms with Crippen LogP contribution in [0.4, 0.5) is 0 Å². The number of carbonyl (C=O) groups excluding carboxylic acids is 2. The van der Waals surface area contributed by atoms with E-state index in [0.717, 1.165) is 21.4 Å². The van der Waals surface area contributed by atoms with E-state index in [1.54, 1.807) is 7.11 Å². The van der Waals surface area contributed by atoms with Crippen molar-refractivity contribution in [3.05, 3.63) is 64.0 Å². The number of thiophene rings is 1. The van der Waals surface area contributed by atoms with Crippen molar-refractivity contribution >= 4 is 44.9 Å². The van der Waals surface area contributed by atoms with Gasteiger partial charge in [-0.25, -0.2) is 4.79 Å². The highest BCUT2D eigenvalue weighted by Gasteiger charge is 2.19. The molecule has 0 bridgehead atoms. The van der Waals surface area contributed by atoms with Gasteiger partial charge in [-0.15, -0.1) is 11.3 Å². The molecule has 0 aliphatic rings. The third-order valence-corrected chi connectivity index (χ3v) is 5.62. The topological polar surface area (TPSA) is 64.6 Å². The lowest BCUT2D eigenvalue weighted by molar-refractivity contribution is -0.124. The van der Waals surface area contributed by atoms with Crippen LogP contribution in [0.2, 0.25) is 5.02 Å². The van der Waals surface area contributed by atoms with Gasteiger partial charge in [0.2, 0.25) is 0 Å². The van der Waals surface area contributed by atoms with Gasteiger partial charge < -0.3 is 14.8 Å². The Morgan fingerprint density at radius 2 is 1.85 bits per heavy atom. The zero-order valence-corrected chi connectivity index (χ0v) is 16.2. The number of ether oxygens (including phenoxy) is 2. The first-order valence-electron chi connectivity index (χ1n) is 8.33. The summed E-state index contributed by atoms with van der Waals surface area (Å²) in [6.45, 7) is 0.0652. The molecule has 0 aliphatic carbocycles. The van der Waals surface area contributed by atoms with Crippen LogP contribution >= 0.6 is 22.9 Å². The normalized spacial score (nSPS) is 10.6. The molecular weight excluding hydrogens is 386 g/mol. The lowest BCUT2D eigenvalue weighted by atomic mass is 10.1. The van der Waals surface area contributed by atoms with E-state index in [-0.39, 0.29) is 12.5 Å². The van der Waals surface area contributed by atoms with Crippen molar-refractivity contribution in [2.24, 2.45) is 0 Å². The van der Waals surface area contributed by atoms with E-state index in [1.807, 2.05) is 48.5 Å². The molecule has 27 heavy (non-hydrogen) atoms. The summed E-state index contributed by atoms with van der Waals surface area (Å²) in [5.74, 6) is -0.186. The van der Waals surface area contributed by atoms with E-state index in [0.29, 0.717) is 22.9 Å². The highest BCUT2D eigenvalue weighted by atomic mass is 35.5. The van der Waals surface area contributed by atoms with Gasteiger partial charge in [-0.3, -0.25) is 4.79 Å². The van der Waals surface area contributed by atoms with Crippen LogP contribution in [0, 0.1) is 0 Å². The third-order valence-electron chi connectivity index (χ3n) is 3.96. The van der Waals surface area contributed by atoms with Crippen molar-refractivity contribution < 1.29 is 19.1 Å². The van der Waals surface area contributed by atoms with E-state index >= 15 is 0 Å². The molecule has 3 aromatic rings. The number of benzene rings is 2. The third kappa shape index (κ3) is 4.59. The van der Waals surface area contributed by atoms with Gasteiger partial charge >= 0.3 is 5.97 Å². The molecule has 0 spiro atoms. The van der Waals surface area contributed by atoms with Crippen molar-refractivity contribution in [2.75, 3.05) is 20.3 Å². The minimum absolute atomic E-state index is 0.305. The molecule has 0 saturated heterocycles. The number of hydrogen-bond acceptors (Lipinski definition) is 5. The molecule has 0 atom stereocenters. The van der Waals surface area contributed by atoms with E-state index < -0.39 is 5.97 Å². The molecule has 3 rings (SSSR count). The second-order valence-corrected chi connectivity index (χ2v) is 7.16. The van der Waals surface area contributed by atoms with Gasteiger partial charge in [0.1, 0.15) is 10.6 Å². The maximum Gasteiger partial charge on any atom is 0.350 e. The number of carbonyl (C=O) groups is 2. The summed E-state index contributed by atoms with van der Waals surface area (Å²) in [5.41, 5.74) is 0.995. The van der Waals surface area contributed by atoms with Crippen LogP contribution in [-0.4, -0.2) is 32.1 Å². The summed E-state index contributed by atoms with van der Waals surface area (Å²) in [5, 5.41) is 3.89. The lowest BCUT2D eigenvalue weighted by Gasteiger charge is -2.09. The Labute approximate surface area is 165 Å². The van der Waals surface area contributed by atoms with Crippen LogP contribution in [0.1, 0.15) is 15.2 Å². The molecule has 0 unspecified atom stereocenters. The number of para-hydroxylation sites is 1. The van der Waals surface area contributed by atoms with Gasteiger partial charge in [-0.2, -0.15) is 0 Å². The summed E-state index contributed by atoms with van der Waals surface area (Å²) in [6.07, 6.45) is 0.617. The molecule has 140 valence electrons. The van der Waals surface area contributed by atoms with Crippen molar-refractivity contribution in [2.45, 2.75) is 6.42 Å². The average molecular weight is 404 g/mol. The maximum atomic E-state index is 12.2.